The molecule has 1 amide bonds. The predicted octanol–water partition coefficient (Wildman–Crippen LogP) is 0.683. The van der Waals surface area contributed by atoms with Gasteiger partial charge in [0.2, 0.25) is 0 Å². The Labute approximate surface area is 78.9 Å². The number of nitrogens with zero attached hydrogens (tertiary/aromatic N) is 1. The number of hydrogen-bond donors (Lipinski definition) is 3. The van der Waals surface area contributed by atoms with E-state index < -0.39 is 5.91 Å². The molecule has 0 spiro atoms. The lowest BCUT2D eigenvalue weighted by Gasteiger charge is -1.96. The average molecular weight is 192 g/mol. The number of carbonyl (C=O) groups excluding carboxylic acids is 1. The van der Waals surface area contributed by atoms with E-state index in [1.165, 1.54) is 0 Å². The predicted molar refractivity (Wildman–Crippen MR) is 49.3 cm³/mol. The van der Waals surface area contributed by atoms with Gasteiger partial charge in [0, 0.05) is 5.39 Å². The van der Waals surface area contributed by atoms with Crippen LogP contribution >= 0.6 is 0 Å². The Morgan fingerprint density at radius 3 is 2.57 bits per heavy atom. The van der Waals surface area contributed by atoms with Crippen molar-refractivity contribution in [2.24, 2.45) is 5.73 Å². The molecule has 0 fully saturated rings. The summed E-state index contributed by atoms with van der Waals surface area (Å²) >= 11 is 0. The van der Waals surface area contributed by atoms with Crippen LogP contribution in [0.25, 0.3) is 10.9 Å². The van der Waals surface area contributed by atoms with E-state index in [1.54, 1.807) is 24.3 Å². The lowest BCUT2D eigenvalue weighted by molar-refractivity contribution is 0.0952. The van der Waals surface area contributed by atoms with Crippen LogP contribution in [0.3, 0.4) is 0 Å². The SMILES string of the molecule is NC(=O)c1c(O)c2ccccc2n1O. The Kier molecular flexibility index (Phi) is 1.60. The number of hydrogen-bond acceptors (Lipinski definition) is 3. The van der Waals surface area contributed by atoms with E-state index in [4.69, 9.17) is 5.73 Å². The number of amides is 1. The quantitative estimate of drug-likeness (QED) is 0.580. The minimum absolute atomic E-state index is 0.296. The molecule has 0 saturated heterocycles. The summed E-state index contributed by atoms with van der Waals surface area (Å²) in [6.45, 7) is 0. The van der Waals surface area contributed by atoms with Gasteiger partial charge in [-0.15, -0.1) is 0 Å². The molecular weight excluding hydrogens is 184 g/mol. The highest BCUT2D eigenvalue weighted by Gasteiger charge is 2.19. The second-order valence-corrected chi connectivity index (χ2v) is 2.89. The van der Waals surface area contributed by atoms with Crippen LogP contribution in [0.4, 0.5) is 0 Å². The minimum Gasteiger partial charge on any atom is -0.505 e. The fraction of sp³-hybridized carbons (Fsp3) is 0. The molecular formula is C9H8N2O3. The monoisotopic (exact) mass is 192 g/mol. The van der Waals surface area contributed by atoms with Gasteiger partial charge < -0.3 is 16.0 Å². The number of rotatable bonds is 1. The van der Waals surface area contributed by atoms with E-state index in [1.807, 2.05) is 0 Å². The molecule has 0 saturated carbocycles. The first kappa shape index (κ1) is 8.43. The van der Waals surface area contributed by atoms with Crippen molar-refractivity contribution < 1.29 is 15.1 Å². The molecule has 1 aromatic heterocycles. The highest BCUT2D eigenvalue weighted by atomic mass is 16.5. The Balaban J connectivity index is 2.92. The first-order chi connectivity index (χ1) is 6.63. The zero-order chi connectivity index (χ0) is 10.3. The number of aromatic hydroxyl groups is 1. The van der Waals surface area contributed by atoms with Crippen LogP contribution < -0.4 is 5.73 Å². The van der Waals surface area contributed by atoms with E-state index in [9.17, 15) is 15.1 Å². The topological polar surface area (TPSA) is 88.5 Å². The second-order valence-electron chi connectivity index (χ2n) is 2.89. The van der Waals surface area contributed by atoms with Crippen LogP contribution in [-0.4, -0.2) is 21.0 Å². The summed E-state index contributed by atoms with van der Waals surface area (Å²) in [4.78, 5) is 10.9. The molecule has 0 unspecified atom stereocenters. The van der Waals surface area contributed by atoms with Crippen molar-refractivity contribution in [2.75, 3.05) is 0 Å². The van der Waals surface area contributed by atoms with Gasteiger partial charge in [-0.3, -0.25) is 4.79 Å². The molecule has 2 rings (SSSR count). The molecule has 2 aromatic rings. The molecule has 14 heavy (non-hydrogen) atoms. The molecule has 0 atom stereocenters. The van der Waals surface area contributed by atoms with Crippen LogP contribution in [0, 0.1) is 0 Å². The standard InChI is InChI=1S/C9H8N2O3/c10-9(13)7-8(12)5-3-1-2-4-6(5)11(7)14/h1-4,12,14H,(H2,10,13). The van der Waals surface area contributed by atoms with Gasteiger partial charge in [0.05, 0.1) is 5.52 Å². The summed E-state index contributed by atoms with van der Waals surface area (Å²) in [6.07, 6.45) is 0. The van der Waals surface area contributed by atoms with Crippen molar-refractivity contribution in [2.45, 2.75) is 0 Å². The molecule has 0 bridgehead atoms. The normalized spacial score (nSPS) is 10.6. The lowest BCUT2D eigenvalue weighted by Crippen LogP contribution is -2.15. The van der Waals surface area contributed by atoms with Crippen molar-refractivity contribution >= 4 is 16.8 Å². The smallest absolute Gasteiger partial charge is 0.272 e. The van der Waals surface area contributed by atoms with Crippen molar-refractivity contribution in [1.82, 2.24) is 4.73 Å². The van der Waals surface area contributed by atoms with Gasteiger partial charge in [-0.2, -0.15) is 4.73 Å². The van der Waals surface area contributed by atoms with E-state index in [0.29, 0.717) is 15.6 Å². The van der Waals surface area contributed by atoms with Crippen LogP contribution in [0.2, 0.25) is 0 Å². The van der Waals surface area contributed by atoms with Crippen molar-refractivity contribution in [3.05, 3.63) is 30.0 Å². The van der Waals surface area contributed by atoms with Crippen LogP contribution in [0.1, 0.15) is 10.5 Å². The number of aromatic nitrogens is 1. The van der Waals surface area contributed by atoms with Crippen molar-refractivity contribution in [3.8, 4) is 5.75 Å². The maximum atomic E-state index is 10.9. The minimum atomic E-state index is -0.874. The molecule has 0 aliphatic carbocycles. The number of nitrogens with two attached hydrogens (primary N) is 1. The van der Waals surface area contributed by atoms with Crippen molar-refractivity contribution in [1.29, 1.82) is 0 Å². The third-order valence-electron chi connectivity index (χ3n) is 2.06. The maximum absolute atomic E-state index is 10.9. The first-order valence-electron chi connectivity index (χ1n) is 3.94. The number of primary amides is 1. The third kappa shape index (κ3) is 0.922. The highest BCUT2D eigenvalue weighted by molar-refractivity contribution is 6.02. The average Bonchev–Trinajstić information content (AvgIpc) is 2.41. The molecule has 72 valence electrons. The summed E-state index contributed by atoms with van der Waals surface area (Å²) in [6, 6.07) is 6.53. The summed E-state index contributed by atoms with van der Waals surface area (Å²) < 4.78 is 0.590. The number of para-hydroxylation sites is 1. The Bertz CT molecular complexity index is 477. The van der Waals surface area contributed by atoms with Crippen molar-refractivity contribution in [3.63, 3.8) is 0 Å². The Morgan fingerprint density at radius 1 is 1.36 bits per heavy atom. The Hall–Kier alpha value is -2.17. The number of carbonyl (C=O) groups is 1. The maximum Gasteiger partial charge on any atom is 0.272 e. The third-order valence-corrected chi connectivity index (χ3v) is 2.06. The van der Waals surface area contributed by atoms with E-state index in [-0.39, 0.29) is 11.4 Å². The lowest BCUT2D eigenvalue weighted by atomic mass is 10.2. The Morgan fingerprint density at radius 2 is 2.00 bits per heavy atom. The van der Waals surface area contributed by atoms with Crippen LogP contribution in [0.5, 0.6) is 5.75 Å². The van der Waals surface area contributed by atoms with Gasteiger partial charge in [0.15, 0.2) is 11.4 Å². The molecule has 0 aliphatic heterocycles. The van der Waals surface area contributed by atoms with Crippen LogP contribution in [0.15, 0.2) is 24.3 Å². The summed E-state index contributed by atoms with van der Waals surface area (Å²) in [5.41, 5.74) is 5.05. The fourth-order valence-electron chi connectivity index (χ4n) is 1.43. The molecule has 1 heterocycles. The van der Waals surface area contributed by atoms with Crippen LogP contribution in [-0.2, 0) is 0 Å². The van der Waals surface area contributed by atoms with Gasteiger partial charge in [0.25, 0.3) is 5.91 Å². The first-order valence-corrected chi connectivity index (χ1v) is 3.94. The molecule has 0 aliphatic rings. The van der Waals surface area contributed by atoms with E-state index >= 15 is 0 Å². The number of benzene rings is 1. The molecule has 5 heteroatoms. The molecule has 5 nitrogen and oxygen atoms in total. The molecule has 1 aromatic carbocycles. The van der Waals surface area contributed by atoms with E-state index in [0.717, 1.165) is 0 Å². The van der Waals surface area contributed by atoms with Gasteiger partial charge in [-0.1, -0.05) is 12.1 Å². The summed E-state index contributed by atoms with van der Waals surface area (Å²) in [5.74, 6) is -1.17. The zero-order valence-electron chi connectivity index (χ0n) is 7.14. The van der Waals surface area contributed by atoms with Gasteiger partial charge in [-0.25, -0.2) is 0 Å². The highest BCUT2D eigenvalue weighted by Crippen LogP contribution is 2.30. The number of fused-ring (bicyclic) bond motifs is 1. The van der Waals surface area contributed by atoms with E-state index in [2.05, 4.69) is 0 Å². The second kappa shape index (κ2) is 2.66. The molecule has 0 radical (unpaired) electrons. The fourth-order valence-corrected chi connectivity index (χ4v) is 1.43. The summed E-state index contributed by atoms with van der Waals surface area (Å²) in [5, 5.41) is 19.4. The molecule has 4 N–H and O–H groups in total. The van der Waals surface area contributed by atoms with Gasteiger partial charge in [0.1, 0.15) is 0 Å². The van der Waals surface area contributed by atoms with Gasteiger partial charge >= 0.3 is 0 Å². The summed E-state index contributed by atoms with van der Waals surface area (Å²) in [7, 11) is 0. The van der Waals surface area contributed by atoms with Gasteiger partial charge in [-0.05, 0) is 12.1 Å². The zero-order valence-corrected chi connectivity index (χ0v) is 7.14. The largest absolute Gasteiger partial charge is 0.505 e.